The second-order valence-corrected chi connectivity index (χ2v) is 5.24. The molecule has 112 valence electrons. The first kappa shape index (κ1) is 13.4. The van der Waals surface area contributed by atoms with Gasteiger partial charge >= 0.3 is 0 Å². The lowest BCUT2D eigenvalue weighted by Crippen LogP contribution is -1.87. The Morgan fingerprint density at radius 1 is 0.870 bits per heavy atom. The van der Waals surface area contributed by atoms with Gasteiger partial charge in [0.15, 0.2) is 0 Å². The Hall–Kier alpha value is -3.28. The number of imidazole rings is 1. The molecule has 0 saturated carbocycles. The fourth-order valence-corrected chi connectivity index (χ4v) is 2.60. The third kappa shape index (κ3) is 2.50. The maximum absolute atomic E-state index is 4.24. The molecule has 2 aromatic carbocycles. The van der Waals surface area contributed by atoms with Crippen LogP contribution in [0.3, 0.4) is 0 Å². The van der Waals surface area contributed by atoms with E-state index in [1.54, 1.807) is 0 Å². The van der Waals surface area contributed by atoms with Gasteiger partial charge in [0, 0.05) is 5.56 Å². The molecular formula is C17H14N6. The summed E-state index contributed by atoms with van der Waals surface area (Å²) < 4.78 is 0. The first-order valence-electron chi connectivity index (χ1n) is 7.26. The van der Waals surface area contributed by atoms with Crippen molar-refractivity contribution in [2.75, 3.05) is 0 Å². The topological polar surface area (TPSA) is 83.1 Å². The smallest absolute Gasteiger partial charge is 0.205 e. The van der Waals surface area contributed by atoms with E-state index in [4.69, 9.17) is 0 Å². The van der Waals surface area contributed by atoms with E-state index in [2.05, 4.69) is 60.9 Å². The molecule has 0 radical (unpaired) electrons. The van der Waals surface area contributed by atoms with Crippen LogP contribution in [0.5, 0.6) is 0 Å². The molecule has 6 heteroatoms. The molecule has 23 heavy (non-hydrogen) atoms. The third-order valence-electron chi connectivity index (χ3n) is 3.72. The molecular weight excluding hydrogens is 288 g/mol. The van der Waals surface area contributed by atoms with Gasteiger partial charge in [0.25, 0.3) is 0 Å². The van der Waals surface area contributed by atoms with Gasteiger partial charge in [0.2, 0.25) is 5.82 Å². The Labute approximate surface area is 132 Å². The van der Waals surface area contributed by atoms with Crippen LogP contribution in [0.15, 0.2) is 54.7 Å². The first-order valence-corrected chi connectivity index (χ1v) is 7.26. The normalized spacial score (nSPS) is 10.8. The number of nitrogens with one attached hydrogen (secondary N) is 2. The van der Waals surface area contributed by atoms with E-state index in [1.807, 2.05) is 31.3 Å². The first-order chi connectivity index (χ1) is 11.3. The van der Waals surface area contributed by atoms with Crippen molar-refractivity contribution in [1.82, 2.24) is 30.6 Å². The number of hydrogen-bond donors (Lipinski definition) is 2. The Bertz CT molecular complexity index is 922. The minimum absolute atomic E-state index is 0.592. The molecule has 0 aliphatic heterocycles. The standard InChI is InChI=1S/C17H14N6/c1-11-18-10-16(19-11)13-8-6-12(7-9-13)14-4-2-3-5-15(14)17-20-22-23-21-17/h2-10H,1H3,(H,18,19)(H,20,21,22,23). The molecule has 0 unspecified atom stereocenters. The van der Waals surface area contributed by atoms with Gasteiger partial charge in [-0.1, -0.05) is 48.5 Å². The maximum atomic E-state index is 4.24. The summed E-state index contributed by atoms with van der Waals surface area (Å²) in [6.45, 7) is 1.94. The zero-order valence-corrected chi connectivity index (χ0v) is 12.5. The molecule has 0 saturated heterocycles. The van der Waals surface area contributed by atoms with Crippen LogP contribution in [-0.4, -0.2) is 30.6 Å². The maximum Gasteiger partial charge on any atom is 0.205 e. The van der Waals surface area contributed by atoms with Crippen molar-refractivity contribution in [3.05, 3.63) is 60.6 Å². The van der Waals surface area contributed by atoms with Crippen LogP contribution < -0.4 is 0 Å². The van der Waals surface area contributed by atoms with Crippen molar-refractivity contribution < 1.29 is 0 Å². The van der Waals surface area contributed by atoms with E-state index in [0.717, 1.165) is 33.8 Å². The van der Waals surface area contributed by atoms with Gasteiger partial charge in [0.05, 0.1) is 11.9 Å². The summed E-state index contributed by atoms with van der Waals surface area (Å²) in [6.07, 6.45) is 1.84. The number of tetrazole rings is 1. The van der Waals surface area contributed by atoms with Crippen molar-refractivity contribution in [3.8, 4) is 33.8 Å². The number of aromatic amines is 2. The Morgan fingerprint density at radius 3 is 2.26 bits per heavy atom. The van der Waals surface area contributed by atoms with Crippen LogP contribution in [0, 0.1) is 6.92 Å². The zero-order valence-electron chi connectivity index (χ0n) is 12.5. The quantitative estimate of drug-likeness (QED) is 0.608. The van der Waals surface area contributed by atoms with E-state index in [0.29, 0.717) is 5.82 Å². The van der Waals surface area contributed by atoms with Crippen LogP contribution in [0.25, 0.3) is 33.8 Å². The Morgan fingerprint density at radius 2 is 1.61 bits per heavy atom. The average molecular weight is 302 g/mol. The van der Waals surface area contributed by atoms with Crippen LogP contribution in [-0.2, 0) is 0 Å². The summed E-state index contributed by atoms with van der Waals surface area (Å²) in [6, 6.07) is 16.4. The summed E-state index contributed by atoms with van der Waals surface area (Å²) in [5, 5.41) is 14.3. The second kappa shape index (κ2) is 5.49. The van der Waals surface area contributed by atoms with Gasteiger partial charge in [-0.15, -0.1) is 10.2 Å². The molecule has 6 nitrogen and oxygen atoms in total. The van der Waals surface area contributed by atoms with Crippen LogP contribution in [0.2, 0.25) is 0 Å². The minimum atomic E-state index is 0.592. The number of benzene rings is 2. The molecule has 0 bridgehead atoms. The molecule has 0 spiro atoms. The average Bonchev–Trinajstić information content (AvgIpc) is 3.27. The lowest BCUT2D eigenvalue weighted by molar-refractivity contribution is 0.881. The lowest BCUT2D eigenvalue weighted by Gasteiger charge is -2.07. The van der Waals surface area contributed by atoms with Gasteiger partial charge in [-0.25, -0.2) is 4.98 Å². The summed E-state index contributed by atoms with van der Waals surface area (Å²) in [5.41, 5.74) is 5.24. The van der Waals surface area contributed by atoms with Gasteiger partial charge in [-0.3, -0.25) is 0 Å². The molecule has 4 aromatic rings. The number of rotatable bonds is 3. The summed E-state index contributed by atoms with van der Waals surface area (Å²) in [5.74, 6) is 1.50. The van der Waals surface area contributed by atoms with Gasteiger partial charge < -0.3 is 4.98 Å². The molecule has 2 heterocycles. The number of nitrogens with zero attached hydrogens (tertiary/aromatic N) is 4. The van der Waals surface area contributed by atoms with Crippen molar-refractivity contribution >= 4 is 0 Å². The number of hydrogen-bond acceptors (Lipinski definition) is 4. The monoisotopic (exact) mass is 302 g/mol. The molecule has 4 rings (SSSR count). The Balaban J connectivity index is 1.75. The van der Waals surface area contributed by atoms with Crippen molar-refractivity contribution in [2.45, 2.75) is 6.92 Å². The minimum Gasteiger partial charge on any atom is -0.342 e. The molecule has 0 aliphatic rings. The second-order valence-electron chi connectivity index (χ2n) is 5.24. The molecule has 0 fully saturated rings. The summed E-state index contributed by atoms with van der Waals surface area (Å²) in [4.78, 5) is 7.48. The van der Waals surface area contributed by atoms with Gasteiger partial charge in [0.1, 0.15) is 5.82 Å². The molecule has 2 aromatic heterocycles. The summed E-state index contributed by atoms with van der Waals surface area (Å²) in [7, 11) is 0. The van der Waals surface area contributed by atoms with E-state index in [-0.39, 0.29) is 0 Å². The predicted molar refractivity (Wildman–Crippen MR) is 87.4 cm³/mol. The van der Waals surface area contributed by atoms with Crippen molar-refractivity contribution in [3.63, 3.8) is 0 Å². The molecule has 0 atom stereocenters. The largest absolute Gasteiger partial charge is 0.342 e. The highest BCUT2D eigenvalue weighted by Crippen LogP contribution is 2.30. The van der Waals surface area contributed by atoms with E-state index >= 15 is 0 Å². The molecule has 2 N–H and O–H groups in total. The SMILES string of the molecule is Cc1ncc(-c2ccc(-c3ccccc3-c3nn[nH]n3)cc2)[nH]1. The fraction of sp³-hybridized carbons (Fsp3) is 0.0588. The predicted octanol–water partition coefficient (Wildman–Crippen LogP) is 3.23. The Kier molecular flexibility index (Phi) is 3.20. The molecule has 0 amide bonds. The van der Waals surface area contributed by atoms with E-state index in [9.17, 15) is 0 Å². The highest BCUT2D eigenvalue weighted by Gasteiger charge is 2.10. The third-order valence-corrected chi connectivity index (χ3v) is 3.72. The highest BCUT2D eigenvalue weighted by molar-refractivity contribution is 5.81. The van der Waals surface area contributed by atoms with E-state index in [1.165, 1.54) is 0 Å². The van der Waals surface area contributed by atoms with Crippen molar-refractivity contribution in [1.29, 1.82) is 0 Å². The lowest BCUT2D eigenvalue weighted by atomic mass is 9.98. The number of H-pyrrole nitrogens is 2. The highest BCUT2D eigenvalue weighted by atomic mass is 15.5. The molecule has 0 aliphatic carbocycles. The van der Waals surface area contributed by atoms with Crippen LogP contribution in [0.1, 0.15) is 5.82 Å². The zero-order chi connectivity index (χ0) is 15.6. The number of aryl methyl sites for hydroxylation is 1. The number of aromatic nitrogens is 6. The van der Waals surface area contributed by atoms with Crippen LogP contribution >= 0.6 is 0 Å². The van der Waals surface area contributed by atoms with Gasteiger partial charge in [-0.2, -0.15) is 5.21 Å². The van der Waals surface area contributed by atoms with Crippen molar-refractivity contribution in [2.24, 2.45) is 0 Å². The van der Waals surface area contributed by atoms with Crippen LogP contribution in [0.4, 0.5) is 0 Å². The summed E-state index contributed by atoms with van der Waals surface area (Å²) >= 11 is 0. The van der Waals surface area contributed by atoms with E-state index < -0.39 is 0 Å². The van der Waals surface area contributed by atoms with Gasteiger partial charge in [-0.05, 0) is 28.8 Å². The fourth-order valence-electron chi connectivity index (χ4n) is 2.60.